The second kappa shape index (κ2) is 5.95. The lowest BCUT2D eigenvalue weighted by molar-refractivity contribution is -0.121. The van der Waals surface area contributed by atoms with Gasteiger partial charge in [0.15, 0.2) is 0 Å². The van der Waals surface area contributed by atoms with Gasteiger partial charge in [-0.15, -0.1) is 0 Å². The van der Waals surface area contributed by atoms with Crippen molar-refractivity contribution in [2.24, 2.45) is 11.8 Å². The highest BCUT2D eigenvalue weighted by molar-refractivity contribution is 5.75. The number of ether oxygens (including phenoxy) is 1. The maximum absolute atomic E-state index is 10.9. The molecule has 0 aromatic carbocycles. The van der Waals surface area contributed by atoms with Crippen molar-refractivity contribution in [1.82, 2.24) is 10.3 Å². The van der Waals surface area contributed by atoms with Gasteiger partial charge in [0, 0.05) is 26.6 Å². The average molecular weight is 201 g/mol. The Bertz CT molecular complexity index is 187. The Balaban J connectivity index is 2.13. The van der Waals surface area contributed by atoms with Gasteiger partial charge in [-0.2, -0.15) is 0 Å². The molecule has 1 fully saturated rings. The lowest BCUT2D eigenvalue weighted by Crippen LogP contribution is -2.33. The van der Waals surface area contributed by atoms with Crippen LogP contribution in [0.4, 0.5) is 0 Å². The third-order valence-corrected chi connectivity index (χ3v) is 2.59. The quantitative estimate of drug-likeness (QED) is 0.352. The molecule has 0 spiro atoms. The lowest BCUT2D eigenvalue weighted by atomic mass is 10.1. The van der Waals surface area contributed by atoms with Gasteiger partial charge in [0.2, 0.25) is 5.91 Å². The van der Waals surface area contributed by atoms with Crippen LogP contribution in [0, 0.1) is 5.92 Å². The lowest BCUT2D eigenvalue weighted by Gasteiger charge is -2.14. The van der Waals surface area contributed by atoms with Crippen LogP contribution in [0.15, 0.2) is 0 Å². The number of methoxy groups -OCH3 is 1. The number of likely N-dealkylation sites (tertiary alicyclic amines) is 1. The Morgan fingerprint density at radius 2 is 2.50 bits per heavy atom. The monoisotopic (exact) mass is 201 g/mol. The third kappa shape index (κ3) is 3.61. The largest absolute Gasteiger partial charge is 0.384 e. The first-order valence-electron chi connectivity index (χ1n) is 4.97. The zero-order valence-corrected chi connectivity index (χ0v) is 8.66. The van der Waals surface area contributed by atoms with Crippen LogP contribution in [0.3, 0.4) is 0 Å². The first kappa shape index (κ1) is 11.4. The fourth-order valence-corrected chi connectivity index (χ4v) is 1.82. The first-order valence-corrected chi connectivity index (χ1v) is 4.97. The summed E-state index contributed by atoms with van der Waals surface area (Å²) in [5.41, 5.74) is 2.13. The molecule has 1 aliphatic rings. The van der Waals surface area contributed by atoms with Crippen LogP contribution < -0.4 is 11.3 Å². The molecule has 0 radical (unpaired) electrons. The highest BCUT2D eigenvalue weighted by Gasteiger charge is 2.22. The average Bonchev–Trinajstić information content (AvgIpc) is 2.63. The van der Waals surface area contributed by atoms with E-state index in [1.807, 2.05) is 0 Å². The molecule has 5 nitrogen and oxygen atoms in total. The number of rotatable bonds is 5. The van der Waals surface area contributed by atoms with Crippen LogP contribution in [0.25, 0.3) is 0 Å². The summed E-state index contributed by atoms with van der Waals surface area (Å²) in [6, 6.07) is 0. The van der Waals surface area contributed by atoms with Gasteiger partial charge in [-0.05, 0) is 18.9 Å². The van der Waals surface area contributed by atoms with Crippen molar-refractivity contribution in [3.8, 4) is 0 Å². The van der Waals surface area contributed by atoms with E-state index in [2.05, 4.69) is 10.3 Å². The first-order chi connectivity index (χ1) is 6.76. The summed E-state index contributed by atoms with van der Waals surface area (Å²) in [6.07, 6.45) is 1.65. The molecule has 1 heterocycles. The number of nitrogens with one attached hydrogen (secondary N) is 1. The van der Waals surface area contributed by atoms with E-state index >= 15 is 0 Å². The fourth-order valence-electron chi connectivity index (χ4n) is 1.82. The van der Waals surface area contributed by atoms with E-state index in [1.165, 1.54) is 0 Å². The number of hydrazine groups is 1. The van der Waals surface area contributed by atoms with Crippen molar-refractivity contribution >= 4 is 5.91 Å². The minimum absolute atomic E-state index is 0.0970. The molecular formula is C9H19N3O2. The van der Waals surface area contributed by atoms with Gasteiger partial charge in [-0.1, -0.05) is 0 Å². The van der Waals surface area contributed by atoms with E-state index < -0.39 is 0 Å². The number of amides is 1. The number of nitrogens with zero attached hydrogens (tertiary/aromatic N) is 1. The summed E-state index contributed by atoms with van der Waals surface area (Å²) in [7, 11) is 1.73. The van der Waals surface area contributed by atoms with Crippen molar-refractivity contribution in [3.05, 3.63) is 0 Å². The molecule has 82 valence electrons. The van der Waals surface area contributed by atoms with Gasteiger partial charge < -0.3 is 9.64 Å². The molecule has 14 heavy (non-hydrogen) atoms. The van der Waals surface area contributed by atoms with Crippen LogP contribution in [0.5, 0.6) is 0 Å². The van der Waals surface area contributed by atoms with Crippen LogP contribution in [-0.2, 0) is 9.53 Å². The molecule has 1 aliphatic heterocycles. The molecule has 1 amide bonds. The summed E-state index contributed by atoms with van der Waals surface area (Å²) in [5, 5.41) is 0. The van der Waals surface area contributed by atoms with Gasteiger partial charge in [0.25, 0.3) is 0 Å². The molecule has 1 saturated heterocycles. The van der Waals surface area contributed by atoms with Crippen LogP contribution >= 0.6 is 0 Å². The van der Waals surface area contributed by atoms with Crippen molar-refractivity contribution in [1.29, 1.82) is 0 Å². The molecular weight excluding hydrogens is 182 g/mol. The second-order valence-corrected chi connectivity index (χ2v) is 3.73. The number of carbonyl (C=O) groups is 1. The Morgan fingerprint density at radius 3 is 3.14 bits per heavy atom. The standard InChI is InChI=1S/C9H19N3O2/c1-14-7-8-2-4-12(6-8)5-3-9(13)11-10/h8H,2-7,10H2,1H3,(H,11,13). The zero-order chi connectivity index (χ0) is 10.4. The van der Waals surface area contributed by atoms with Gasteiger partial charge in [0.1, 0.15) is 0 Å². The SMILES string of the molecule is COCC1CCN(CCC(=O)NN)C1. The van der Waals surface area contributed by atoms with Gasteiger partial charge in [0.05, 0.1) is 6.61 Å². The third-order valence-electron chi connectivity index (χ3n) is 2.59. The highest BCUT2D eigenvalue weighted by atomic mass is 16.5. The van der Waals surface area contributed by atoms with E-state index in [-0.39, 0.29) is 5.91 Å². The molecule has 0 aromatic heterocycles. The van der Waals surface area contributed by atoms with E-state index in [1.54, 1.807) is 7.11 Å². The molecule has 5 heteroatoms. The van der Waals surface area contributed by atoms with Crippen LogP contribution in [0.1, 0.15) is 12.8 Å². The van der Waals surface area contributed by atoms with Crippen LogP contribution in [-0.4, -0.2) is 44.2 Å². The molecule has 1 rings (SSSR count). The van der Waals surface area contributed by atoms with Gasteiger partial charge in [-0.25, -0.2) is 5.84 Å². The Hall–Kier alpha value is -0.650. The van der Waals surface area contributed by atoms with E-state index in [4.69, 9.17) is 10.6 Å². The van der Waals surface area contributed by atoms with Crippen molar-refractivity contribution in [2.45, 2.75) is 12.8 Å². The molecule has 1 unspecified atom stereocenters. The normalized spacial score (nSPS) is 22.6. The predicted molar refractivity (Wildman–Crippen MR) is 53.4 cm³/mol. The summed E-state index contributed by atoms with van der Waals surface area (Å²) in [5.74, 6) is 5.52. The van der Waals surface area contributed by atoms with Gasteiger partial charge >= 0.3 is 0 Å². The molecule has 0 aliphatic carbocycles. The minimum Gasteiger partial charge on any atom is -0.384 e. The molecule has 0 bridgehead atoms. The van der Waals surface area contributed by atoms with Crippen LogP contribution in [0.2, 0.25) is 0 Å². The van der Waals surface area contributed by atoms with Crippen molar-refractivity contribution in [3.63, 3.8) is 0 Å². The fraction of sp³-hybridized carbons (Fsp3) is 0.889. The minimum atomic E-state index is -0.0970. The van der Waals surface area contributed by atoms with E-state index in [9.17, 15) is 4.79 Å². The number of carbonyl (C=O) groups excluding carboxylic acids is 1. The molecule has 1 atom stereocenters. The predicted octanol–water partition coefficient (Wildman–Crippen LogP) is -0.665. The number of hydrogen-bond donors (Lipinski definition) is 2. The number of nitrogens with two attached hydrogens (primary N) is 1. The summed E-state index contributed by atoms with van der Waals surface area (Å²) < 4.78 is 5.09. The van der Waals surface area contributed by atoms with E-state index in [0.717, 1.165) is 32.7 Å². The molecule has 3 N–H and O–H groups in total. The van der Waals surface area contributed by atoms with Gasteiger partial charge in [-0.3, -0.25) is 10.2 Å². The Morgan fingerprint density at radius 1 is 1.71 bits per heavy atom. The maximum atomic E-state index is 10.9. The number of hydrogen-bond acceptors (Lipinski definition) is 4. The topological polar surface area (TPSA) is 67.6 Å². The Kier molecular flexibility index (Phi) is 4.86. The van der Waals surface area contributed by atoms with Crippen molar-refractivity contribution < 1.29 is 9.53 Å². The smallest absolute Gasteiger partial charge is 0.235 e. The second-order valence-electron chi connectivity index (χ2n) is 3.73. The van der Waals surface area contributed by atoms with E-state index in [0.29, 0.717) is 12.3 Å². The zero-order valence-electron chi connectivity index (χ0n) is 8.66. The highest BCUT2D eigenvalue weighted by Crippen LogP contribution is 2.16. The summed E-state index contributed by atoms with van der Waals surface area (Å²) in [4.78, 5) is 13.2. The Labute approximate surface area is 84.5 Å². The molecule has 0 saturated carbocycles. The maximum Gasteiger partial charge on any atom is 0.235 e. The van der Waals surface area contributed by atoms with Crippen molar-refractivity contribution in [2.75, 3.05) is 33.4 Å². The summed E-state index contributed by atoms with van der Waals surface area (Å²) in [6.45, 7) is 3.71. The summed E-state index contributed by atoms with van der Waals surface area (Å²) >= 11 is 0. The molecule has 0 aromatic rings.